The molecule has 0 N–H and O–H groups in total. The number of benzene rings is 1. The minimum absolute atomic E-state index is 0.385. The molecule has 2 aromatic rings. The van der Waals surface area contributed by atoms with Crippen molar-refractivity contribution in [3.05, 3.63) is 46.2 Å². The number of nitriles is 1. The van der Waals surface area contributed by atoms with Gasteiger partial charge in [-0.25, -0.2) is 0 Å². The first-order chi connectivity index (χ1) is 9.11. The van der Waals surface area contributed by atoms with Crippen LogP contribution in [-0.4, -0.2) is 9.78 Å². The van der Waals surface area contributed by atoms with Crippen LogP contribution >= 0.6 is 11.6 Å². The molecule has 0 fully saturated rings. The Labute approximate surface area is 117 Å². The van der Waals surface area contributed by atoms with Gasteiger partial charge in [0, 0.05) is 12.6 Å². The monoisotopic (exact) mass is 275 g/mol. The minimum atomic E-state index is 0.385. The van der Waals surface area contributed by atoms with E-state index in [-0.39, 0.29) is 0 Å². The molecule has 1 aromatic heterocycles. The molecule has 0 amide bonds. The van der Waals surface area contributed by atoms with Crippen LogP contribution in [0.15, 0.2) is 24.3 Å². The summed E-state index contributed by atoms with van der Waals surface area (Å²) in [6.07, 6.45) is 0.411. The molecule has 1 heterocycles. The molecule has 0 radical (unpaired) electrons. The highest BCUT2D eigenvalue weighted by atomic mass is 35.5. The molecule has 0 bridgehead atoms. The molecule has 5 heteroatoms. The number of halogens is 1. The molecule has 2 rings (SSSR count). The highest BCUT2D eigenvalue weighted by Gasteiger charge is 2.11. The molecule has 1 aromatic carbocycles. The van der Waals surface area contributed by atoms with Gasteiger partial charge in [0.25, 0.3) is 0 Å². The summed E-state index contributed by atoms with van der Waals surface area (Å²) in [4.78, 5) is 0. The van der Waals surface area contributed by atoms with E-state index in [1.807, 2.05) is 31.2 Å². The zero-order valence-corrected chi connectivity index (χ0v) is 11.6. The molecule has 98 valence electrons. The quantitative estimate of drug-likeness (QED) is 0.862. The van der Waals surface area contributed by atoms with Gasteiger partial charge >= 0.3 is 0 Å². The fourth-order valence-electron chi connectivity index (χ4n) is 1.79. The van der Waals surface area contributed by atoms with Crippen LogP contribution < -0.4 is 4.74 Å². The van der Waals surface area contributed by atoms with E-state index in [0.29, 0.717) is 18.2 Å². The fraction of sp³-hybridized carbons (Fsp3) is 0.286. The van der Waals surface area contributed by atoms with Gasteiger partial charge in [0.05, 0.1) is 18.2 Å². The van der Waals surface area contributed by atoms with Crippen LogP contribution in [-0.2, 0) is 20.1 Å². The summed E-state index contributed by atoms with van der Waals surface area (Å²) in [6.45, 7) is 2.29. The summed E-state index contributed by atoms with van der Waals surface area (Å²) in [5.41, 5.74) is 2.74. The second-order valence-electron chi connectivity index (χ2n) is 4.25. The van der Waals surface area contributed by atoms with E-state index < -0.39 is 0 Å². The van der Waals surface area contributed by atoms with Crippen molar-refractivity contribution >= 4 is 11.6 Å². The topological polar surface area (TPSA) is 50.8 Å². The van der Waals surface area contributed by atoms with Gasteiger partial charge in [0.1, 0.15) is 17.5 Å². The predicted octanol–water partition coefficient (Wildman–Crippen LogP) is 3.03. The van der Waals surface area contributed by atoms with Crippen molar-refractivity contribution in [1.82, 2.24) is 9.78 Å². The van der Waals surface area contributed by atoms with E-state index >= 15 is 0 Å². The van der Waals surface area contributed by atoms with E-state index in [1.54, 1.807) is 11.7 Å². The maximum Gasteiger partial charge on any atom is 0.133 e. The lowest BCUT2D eigenvalue weighted by Crippen LogP contribution is -1.97. The zero-order valence-electron chi connectivity index (χ0n) is 10.9. The maximum atomic E-state index is 8.60. The van der Waals surface area contributed by atoms with E-state index in [2.05, 4.69) is 11.2 Å². The fourth-order valence-corrected chi connectivity index (χ4v) is 2.02. The number of rotatable bonds is 4. The molecule has 0 aliphatic rings. The Bertz CT molecular complexity index is 611. The summed E-state index contributed by atoms with van der Waals surface area (Å²) in [6, 6.07) is 9.59. The molecule has 0 aliphatic carbocycles. The van der Waals surface area contributed by atoms with Gasteiger partial charge in [-0.1, -0.05) is 23.7 Å². The van der Waals surface area contributed by atoms with Gasteiger partial charge in [0.15, 0.2) is 0 Å². The van der Waals surface area contributed by atoms with E-state index in [4.69, 9.17) is 21.6 Å². The standard InChI is InChI=1S/C14H14ClN3O/c1-10-13(14(15)18(2)17-10)9-19-12-5-3-11(4-6-12)7-8-16/h3-6H,7,9H2,1-2H3. The summed E-state index contributed by atoms with van der Waals surface area (Å²) >= 11 is 6.13. The lowest BCUT2D eigenvalue weighted by Gasteiger charge is -2.06. The lowest BCUT2D eigenvalue weighted by atomic mass is 10.2. The zero-order chi connectivity index (χ0) is 13.8. The predicted molar refractivity (Wildman–Crippen MR) is 73.0 cm³/mol. The Kier molecular flexibility index (Phi) is 4.08. The second kappa shape index (κ2) is 5.77. The highest BCUT2D eigenvalue weighted by molar-refractivity contribution is 6.30. The van der Waals surface area contributed by atoms with Gasteiger partial charge in [-0.05, 0) is 24.6 Å². The van der Waals surface area contributed by atoms with Crippen LogP contribution in [0, 0.1) is 18.3 Å². The van der Waals surface area contributed by atoms with E-state index in [9.17, 15) is 0 Å². The number of hydrogen-bond acceptors (Lipinski definition) is 3. The Morgan fingerprint density at radius 1 is 1.37 bits per heavy atom. The van der Waals surface area contributed by atoms with Gasteiger partial charge in [0.2, 0.25) is 0 Å². The average molecular weight is 276 g/mol. The van der Waals surface area contributed by atoms with Gasteiger partial charge in [-0.3, -0.25) is 4.68 Å². The molecule has 0 spiro atoms. The Morgan fingerprint density at radius 3 is 2.58 bits per heavy atom. The van der Waals surface area contributed by atoms with Gasteiger partial charge in [-0.15, -0.1) is 0 Å². The molecule has 0 unspecified atom stereocenters. The van der Waals surface area contributed by atoms with Crippen molar-refractivity contribution in [3.8, 4) is 11.8 Å². The molecule has 19 heavy (non-hydrogen) atoms. The molecular formula is C14H14ClN3O. The SMILES string of the molecule is Cc1nn(C)c(Cl)c1COc1ccc(CC#N)cc1. The van der Waals surface area contributed by atoms with E-state index in [1.165, 1.54) is 0 Å². The van der Waals surface area contributed by atoms with Crippen molar-refractivity contribution < 1.29 is 4.74 Å². The van der Waals surface area contributed by atoms with Crippen LogP contribution in [0.25, 0.3) is 0 Å². The third-order valence-corrected chi connectivity index (χ3v) is 3.33. The highest BCUT2D eigenvalue weighted by Crippen LogP contribution is 2.21. The second-order valence-corrected chi connectivity index (χ2v) is 4.60. The van der Waals surface area contributed by atoms with Gasteiger partial charge in [-0.2, -0.15) is 10.4 Å². The Balaban J connectivity index is 2.04. The van der Waals surface area contributed by atoms with Crippen LogP contribution in [0.5, 0.6) is 5.75 Å². The third kappa shape index (κ3) is 3.07. The number of hydrogen-bond donors (Lipinski definition) is 0. The molecule has 0 atom stereocenters. The molecule has 0 aliphatic heterocycles. The molecule has 4 nitrogen and oxygen atoms in total. The van der Waals surface area contributed by atoms with Crippen molar-refractivity contribution in [1.29, 1.82) is 5.26 Å². The van der Waals surface area contributed by atoms with Crippen molar-refractivity contribution in [2.45, 2.75) is 20.0 Å². The average Bonchev–Trinajstić information content (AvgIpc) is 2.64. The maximum absolute atomic E-state index is 8.60. The van der Waals surface area contributed by atoms with Crippen molar-refractivity contribution in [2.24, 2.45) is 7.05 Å². The summed E-state index contributed by atoms with van der Waals surface area (Å²) in [5.74, 6) is 0.751. The number of ether oxygens (including phenoxy) is 1. The molecule has 0 saturated carbocycles. The van der Waals surface area contributed by atoms with Crippen molar-refractivity contribution in [3.63, 3.8) is 0 Å². The number of aryl methyl sites for hydroxylation is 2. The first-order valence-corrected chi connectivity index (χ1v) is 6.26. The minimum Gasteiger partial charge on any atom is -0.489 e. The van der Waals surface area contributed by atoms with Crippen molar-refractivity contribution in [2.75, 3.05) is 0 Å². The smallest absolute Gasteiger partial charge is 0.133 e. The summed E-state index contributed by atoms with van der Waals surface area (Å²) in [7, 11) is 1.80. The normalized spacial score (nSPS) is 10.2. The largest absolute Gasteiger partial charge is 0.489 e. The Morgan fingerprint density at radius 2 is 2.05 bits per heavy atom. The molecule has 0 saturated heterocycles. The summed E-state index contributed by atoms with van der Waals surface area (Å²) < 4.78 is 7.31. The first kappa shape index (κ1) is 13.4. The van der Waals surface area contributed by atoms with Gasteiger partial charge < -0.3 is 4.74 Å². The Hall–Kier alpha value is -1.99. The first-order valence-electron chi connectivity index (χ1n) is 5.88. The van der Waals surface area contributed by atoms with E-state index in [0.717, 1.165) is 22.6 Å². The summed E-state index contributed by atoms with van der Waals surface area (Å²) in [5, 5.41) is 13.4. The number of aromatic nitrogens is 2. The van der Waals surface area contributed by atoms with Crippen LogP contribution in [0.3, 0.4) is 0 Å². The third-order valence-electron chi connectivity index (χ3n) is 2.86. The van der Waals surface area contributed by atoms with Crippen LogP contribution in [0.2, 0.25) is 5.15 Å². The molecular weight excluding hydrogens is 262 g/mol. The number of nitrogens with zero attached hydrogens (tertiary/aromatic N) is 3. The van der Waals surface area contributed by atoms with Crippen LogP contribution in [0.4, 0.5) is 0 Å². The van der Waals surface area contributed by atoms with Crippen LogP contribution in [0.1, 0.15) is 16.8 Å². The lowest BCUT2D eigenvalue weighted by molar-refractivity contribution is 0.305.